The van der Waals surface area contributed by atoms with Crippen molar-refractivity contribution in [3.8, 4) is 0 Å². The van der Waals surface area contributed by atoms with Crippen LogP contribution in [-0.4, -0.2) is 29.9 Å². The van der Waals surface area contributed by atoms with Gasteiger partial charge in [0.15, 0.2) is 0 Å². The predicted octanol–water partition coefficient (Wildman–Crippen LogP) is 5.23. The zero-order valence-electron chi connectivity index (χ0n) is 17.3. The lowest BCUT2D eigenvalue weighted by molar-refractivity contribution is -0.135. The van der Waals surface area contributed by atoms with Crippen LogP contribution in [0.3, 0.4) is 0 Å². The normalized spacial score (nSPS) is 15.3. The van der Waals surface area contributed by atoms with Crippen LogP contribution >= 0.6 is 0 Å². The summed E-state index contributed by atoms with van der Waals surface area (Å²) in [5, 5.41) is 0. The summed E-state index contributed by atoms with van der Waals surface area (Å²) in [4.78, 5) is 15.0. The van der Waals surface area contributed by atoms with Gasteiger partial charge in [-0.2, -0.15) is 0 Å². The molecule has 3 unspecified atom stereocenters. The van der Waals surface area contributed by atoms with Crippen molar-refractivity contribution in [2.24, 2.45) is 23.5 Å². The number of hydrogen-bond acceptors (Lipinski definition) is 2. The summed E-state index contributed by atoms with van der Waals surface area (Å²) >= 11 is 0. The lowest BCUT2D eigenvalue weighted by Crippen LogP contribution is -2.49. The molecule has 0 rings (SSSR count). The maximum atomic E-state index is 12.9. The Balaban J connectivity index is 5.01. The molecule has 3 atom stereocenters. The van der Waals surface area contributed by atoms with Gasteiger partial charge < -0.3 is 10.6 Å². The zero-order chi connectivity index (χ0) is 18.5. The number of nitrogens with zero attached hydrogens (tertiary/aromatic N) is 1. The molecular weight excluding hydrogens is 296 g/mol. The van der Waals surface area contributed by atoms with Crippen molar-refractivity contribution in [1.82, 2.24) is 4.90 Å². The van der Waals surface area contributed by atoms with E-state index in [1.807, 2.05) is 13.8 Å². The molecule has 0 spiro atoms. The first kappa shape index (κ1) is 23.4. The smallest absolute Gasteiger partial charge is 0.239 e. The largest absolute Gasteiger partial charge is 0.341 e. The van der Waals surface area contributed by atoms with Crippen LogP contribution in [0.1, 0.15) is 92.9 Å². The summed E-state index contributed by atoms with van der Waals surface area (Å²) in [6.07, 6.45) is 9.69. The molecule has 0 saturated heterocycles. The van der Waals surface area contributed by atoms with Gasteiger partial charge in [-0.15, -0.1) is 0 Å². The Labute approximate surface area is 151 Å². The van der Waals surface area contributed by atoms with Crippen LogP contribution in [0.5, 0.6) is 0 Å². The third-order valence-electron chi connectivity index (χ3n) is 5.36. The Morgan fingerprint density at radius 2 is 1.29 bits per heavy atom. The van der Waals surface area contributed by atoms with Crippen molar-refractivity contribution in [2.75, 3.05) is 13.1 Å². The highest BCUT2D eigenvalue weighted by Gasteiger charge is 2.27. The molecule has 0 saturated carbocycles. The Morgan fingerprint density at radius 1 is 0.875 bits per heavy atom. The maximum absolute atomic E-state index is 12.9. The molecule has 0 fully saturated rings. The van der Waals surface area contributed by atoms with E-state index in [4.69, 9.17) is 5.73 Å². The molecule has 0 bridgehead atoms. The molecule has 144 valence electrons. The van der Waals surface area contributed by atoms with Crippen LogP contribution in [-0.2, 0) is 4.79 Å². The standard InChI is InChI=1S/C21H44N2O/c1-7-11-13-18(9-3)15-23(21(24)20(22)17(5)6)16-19(10-4)14-12-8-2/h17-20H,7-16,22H2,1-6H3. The molecule has 0 aromatic heterocycles. The fraction of sp³-hybridized carbons (Fsp3) is 0.952. The van der Waals surface area contributed by atoms with Crippen LogP contribution < -0.4 is 5.73 Å². The first-order chi connectivity index (χ1) is 11.4. The van der Waals surface area contributed by atoms with E-state index < -0.39 is 0 Å². The number of nitrogens with two attached hydrogens (primary N) is 1. The van der Waals surface area contributed by atoms with Crippen molar-refractivity contribution in [2.45, 2.75) is 99.0 Å². The minimum Gasteiger partial charge on any atom is -0.341 e. The predicted molar refractivity (Wildman–Crippen MR) is 106 cm³/mol. The maximum Gasteiger partial charge on any atom is 0.239 e. The molecule has 0 aliphatic rings. The Morgan fingerprint density at radius 3 is 1.58 bits per heavy atom. The minimum atomic E-state index is -0.364. The van der Waals surface area contributed by atoms with Gasteiger partial charge in [0.2, 0.25) is 5.91 Å². The second kappa shape index (κ2) is 13.7. The molecule has 0 radical (unpaired) electrons. The first-order valence-electron chi connectivity index (χ1n) is 10.4. The van der Waals surface area contributed by atoms with E-state index in [2.05, 4.69) is 32.6 Å². The first-order valence-corrected chi connectivity index (χ1v) is 10.4. The molecule has 2 N–H and O–H groups in total. The van der Waals surface area contributed by atoms with E-state index in [9.17, 15) is 4.79 Å². The van der Waals surface area contributed by atoms with E-state index >= 15 is 0 Å². The summed E-state index contributed by atoms with van der Waals surface area (Å²) in [6.45, 7) is 14.8. The number of hydrogen-bond donors (Lipinski definition) is 1. The fourth-order valence-electron chi connectivity index (χ4n) is 3.21. The molecule has 0 aliphatic heterocycles. The highest BCUT2D eigenvalue weighted by molar-refractivity contribution is 5.81. The highest BCUT2D eigenvalue weighted by atomic mass is 16.2. The van der Waals surface area contributed by atoms with Crippen LogP contribution in [0.15, 0.2) is 0 Å². The van der Waals surface area contributed by atoms with Gasteiger partial charge in [0.25, 0.3) is 0 Å². The zero-order valence-corrected chi connectivity index (χ0v) is 17.3. The van der Waals surface area contributed by atoms with Crippen LogP contribution in [0.2, 0.25) is 0 Å². The number of unbranched alkanes of at least 4 members (excludes halogenated alkanes) is 2. The summed E-state index contributed by atoms with van der Waals surface area (Å²) in [5.74, 6) is 1.58. The second-order valence-electron chi connectivity index (χ2n) is 7.85. The molecule has 1 amide bonds. The molecule has 3 heteroatoms. The number of rotatable bonds is 14. The van der Waals surface area contributed by atoms with Crippen molar-refractivity contribution < 1.29 is 4.79 Å². The van der Waals surface area contributed by atoms with Crippen molar-refractivity contribution in [3.63, 3.8) is 0 Å². The van der Waals surface area contributed by atoms with Crippen LogP contribution in [0.25, 0.3) is 0 Å². The van der Waals surface area contributed by atoms with Gasteiger partial charge in [-0.3, -0.25) is 4.79 Å². The third kappa shape index (κ3) is 9.05. The van der Waals surface area contributed by atoms with Crippen molar-refractivity contribution >= 4 is 5.91 Å². The molecule has 3 nitrogen and oxygen atoms in total. The van der Waals surface area contributed by atoms with E-state index in [0.717, 1.165) is 25.9 Å². The fourth-order valence-corrected chi connectivity index (χ4v) is 3.21. The summed E-state index contributed by atoms with van der Waals surface area (Å²) in [5.41, 5.74) is 6.20. The highest BCUT2D eigenvalue weighted by Crippen LogP contribution is 2.20. The SMILES string of the molecule is CCCCC(CC)CN(CC(CC)CCCC)C(=O)C(N)C(C)C. The Bertz CT molecular complexity index is 299. The van der Waals surface area contributed by atoms with Gasteiger partial charge in [0.05, 0.1) is 6.04 Å². The average molecular weight is 341 g/mol. The summed E-state index contributed by atoms with van der Waals surface area (Å²) in [6, 6.07) is -0.364. The van der Waals surface area contributed by atoms with Crippen LogP contribution in [0, 0.1) is 17.8 Å². The quantitative estimate of drug-likeness (QED) is 0.470. The molecular formula is C21H44N2O. The Kier molecular flexibility index (Phi) is 13.4. The number of carbonyl (C=O) groups excluding carboxylic acids is 1. The van der Waals surface area contributed by atoms with Crippen molar-refractivity contribution in [1.29, 1.82) is 0 Å². The van der Waals surface area contributed by atoms with Gasteiger partial charge in [-0.05, 0) is 30.6 Å². The molecule has 0 aliphatic carbocycles. The summed E-state index contributed by atoms with van der Waals surface area (Å²) < 4.78 is 0. The average Bonchev–Trinajstić information content (AvgIpc) is 2.58. The lowest BCUT2D eigenvalue weighted by atomic mass is 9.94. The van der Waals surface area contributed by atoms with Gasteiger partial charge in [0.1, 0.15) is 0 Å². The van der Waals surface area contributed by atoms with Gasteiger partial charge in [0, 0.05) is 13.1 Å². The Hall–Kier alpha value is -0.570. The number of amides is 1. The van der Waals surface area contributed by atoms with E-state index in [0.29, 0.717) is 11.8 Å². The van der Waals surface area contributed by atoms with Gasteiger partial charge >= 0.3 is 0 Å². The molecule has 0 heterocycles. The summed E-state index contributed by atoms with van der Waals surface area (Å²) in [7, 11) is 0. The monoisotopic (exact) mass is 340 g/mol. The van der Waals surface area contributed by atoms with Gasteiger partial charge in [-0.25, -0.2) is 0 Å². The number of carbonyl (C=O) groups is 1. The second-order valence-corrected chi connectivity index (χ2v) is 7.85. The van der Waals surface area contributed by atoms with E-state index in [-0.39, 0.29) is 17.9 Å². The van der Waals surface area contributed by atoms with Gasteiger partial charge in [-0.1, -0.05) is 80.1 Å². The van der Waals surface area contributed by atoms with E-state index in [1.165, 1.54) is 38.5 Å². The topological polar surface area (TPSA) is 46.3 Å². The van der Waals surface area contributed by atoms with Crippen molar-refractivity contribution in [3.05, 3.63) is 0 Å². The minimum absolute atomic E-state index is 0.162. The van der Waals surface area contributed by atoms with Crippen LogP contribution in [0.4, 0.5) is 0 Å². The van der Waals surface area contributed by atoms with E-state index in [1.54, 1.807) is 0 Å². The lowest BCUT2D eigenvalue weighted by Gasteiger charge is -2.33. The molecule has 0 aromatic carbocycles. The third-order valence-corrected chi connectivity index (χ3v) is 5.36. The molecule has 24 heavy (non-hydrogen) atoms. The molecule has 0 aromatic rings.